The molecule has 3 rings (SSSR count). The molecule has 6 nitrogen and oxygen atoms in total. The molecular weight excluding hydrogens is 268 g/mol. The zero-order chi connectivity index (χ0) is 14.9. The quantitative estimate of drug-likeness (QED) is 0.784. The molecule has 1 aromatic rings. The van der Waals surface area contributed by atoms with Gasteiger partial charge >= 0.3 is 6.03 Å². The molecule has 2 heterocycles. The Morgan fingerprint density at radius 2 is 2.24 bits per heavy atom. The summed E-state index contributed by atoms with van der Waals surface area (Å²) in [6.45, 7) is 1.55. The zero-order valence-electron chi connectivity index (χ0n) is 11.6. The van der Waals surface area contributed by atoms with Gasteiger partial charge in [0.15, 0.2) is 0 Å². The lowest BCUT2D eigenvalue weighted by molar-refractivity contribution is -0.132. The number of nitrogens with one attached hydrogen (secondary N) is 2. The van der Waals surface area contributed by atoms with Gasteiger partial charge in [-0.25, -0.2) is 4.79 Å². The van der Waals surface area contributed by atoms with Crippen molar-refractivity contribution in [3.8, 4) is 6.07 Å². The number of benzene rings is 1. The summed E-state index contributed by atoms with van der Waals surface area (Å²) in [7, 11) is 0. The van der Waals surface area contributed by atoms with Crippen LogP contribution in [0.3, 0.4) is 0 Å². The van der Waals surface area contributed by atoms with E-state index in [-0.39, 0.29) is 18.5 Å². The van der Waals surface area contributed by atoms with Crippen molar-refractivity contribution in [2.24, 2.45) is 0 Å². The van der Waals surface area contributed by atoms with E-state index in [0.29, 0.717) is 18.5 Å². The first kappa shape index (κ1) is 13.6. The Labute approximate surface area is 122 Å². The van der Waals surface area contributed by atoms with E-state index in [1.54, 1.807) is 18.2 Å². The van der Waals surface area contributed by atoms with Crippen molar-refractivity contribution < 1.29 is 9.59 Å². The van der Waals surface area contributed by atoms with Crippen molar-refractivity contribution in [3.05, 3.63) is 35.4 Å². The van der Waals surface area contributed by atoms with Crippen LogP contribution in [0, 0.1) is 11.3 Å². The summed E-state index contributed by atoms with van der Waals surface area (Å²) in [5, 5.41) is 14.9. The summed E-state index contributed by atoms with van der Waals surface area (Å²) in [4.78, 5) is 25.9. The third-order valence-electron chi connectivity index (χ3n) is 4.03. The fourth-order valence-corrected chi connectivity index (χ4v) is 2.94. The average Bonchev–Trinajstić information content (AvgIpc) is 2.73. The highest BCUT2D eigenvalue weighted by Gasteiger charge is 2.51. The van der Waals surface area contributed by atoms with Gasteiger partial charge in [0.2, 0.25) is 0 Å². The van der Waals surface area contributed by atoms with Crippen molar-refractivity contribution in [2.45, 2.75) is 24.9 Å². The normalized spacial score (nSPS) is 25.0. The van der Waals surface area contributed by atoms with E-state index in [0.717, 1.165) is 18.5 Å². The number of hydrogen-bond acceptors (Lipinski definition) is 4. The fraction of sp³-hybridized carbons (Fsp3) is 0.400. The van der Waals surface area contributed by atoms with Gasteiger partial charge in [0.25, 0.3) is 5.91 Å². The van der Waals surface area contributed by atoms with Gasteiger partial charge in [0, 0.05) is 6.54 Å². The highest BCUT2D eigenvalue weighted by Crippen LogP contribution is 2.26. The van der Waals surface area contributed by atoms with E-state index in [2.05, 4.69) is 16.7 Å². The second-order valence-corrected chi connectivity index (χ2v) is 5.50. The number of nitrogens with zero attached hydrogens (tertiary/aromatic N) is 2. The first-order valence-corrected chi connectivity index (χ1v) is 6.98. The SMILES string of the molecule is N#Cc1cccc(CN2C(=O)NC3(CCCNC3)C2=O)c1. The Bertz CT molecular complexity index is 629. The third-order valence-corrected chi connectivity index (χ3v) is 4.03. The Morgan fingerprint density at radius 1 is 1.38 bits per heavy atom. The molecule has 0 bridgehead atoms. The first-order chi connectivity index (χ1) is 10.1. The summed E-state index contributed by atoms with van der Waals surface area (Å²) < 4.78 is 0. The molecule has 0 radical (unpaired) electrons. The van der Waals surface area contributed by atoms with E-state index in [1.165, 1.54) is 4.90 Å². The third kappa shape index (κ3) is 2.36. The van der Waals surface area contributed by atoms with Gasteiger partial charge in [0.05, 0.1) is 18.2 Å². The maximum atomic E-state index is 12.6. The molecule has 108 valence electrons. The molecule has 1 aromatic carbocycles. The Kier molecular flexibility index (Phi) is 3.35. The Morgan fingerprint density at radius 3 is 2.95 bits per heavy atom. The number of imide groups is 1. The number of piperidine rings is 1. The number of carbonyl (C=O) groups excluding carboxylic acids is 2. The molecule has 1 spiro atoms. The van der Waals surface area contributed by atoms with Crippen LogP contribution in [0.25, 0.3) is 0 Å². The predicted octanol–water partition coefficient (Wildman–Crippen LogP) is 0.732. The number of rotatable bonds is 2. The Balaban J connectivity index is 1.81. The zero-order valence-corrected chi connectivity index (χ0v) is 11.6. The van der Waals surface area contributed by atoms with E-state index in [9.17, 15) is 9.59 Å². The van der Waals surface area contributed by atoms with Crippen LogP contribution in [-0.4, -0.2) is 35.5 Å². The highest BCUT2D eigenvalue weighted by atomic mass is 16.2. The molecule has 21 heavy (non-hydrogen) atoms. The summed E-state index contributed by atoms with van der Waals surface area (Å²) in [6.07, 6.45) is 1.53. The van der Waals surface area contributed by atoms with Crippen molar-refractivity contribution in [1.29, 1.82) is 5.26 Å². The molecule has 2 saturated heterocycles. The molecule has 0 saturated carbocycles. The van der Waals surface area contributed by atoms with E-state index in [4.69, 9.17) is 5.26 Å². The molecule has 2 aliphatic heterocycles. The second-order valence-electron chi connectivity index (χ2n) is 5.50. The lowest BCUT2D eigenvalue weighted by Gasteiger charge is -2.31. The number of amides is 3. The molecule has 2 aliphatic rings. The first-order valence-electron chi connectivity index (χ1n) is 6.98. The molecule has 1 unspecified atom stereocenters. The molecule has 2 N–H and O–H groups in total. The van der Waals surface area contributed by atoms with Crippen LogP contribution in [0.4, 0.5) is 4.79 Å². The summed E-state index contributed by atoms with van der Waals surface area (Å²) in [6, 6.07) is 8.66. The van der Waals surface area contributed by atoms with Crippen molar-refractivity contribution in [1.82, 2.24) is 15.5 Å². The topological polar surface area (TPSA) is 85.2 Å². The number of urea groups is 1. The number of nitriles is 1. The molecule has 1 atom stereocenters. The predicted molar refractivity (Wildman–Crippen MR) is 75.1 cm³/mol. The number of carbonyl (C=O) groups is 2. The standard InChI is InChI=1S/C15H16N4O2/c16-8-11-3-1-4-12(7-11)9-19-13(20)15(18-14(19)21)5-2-6-17-10-15/h1,3-4,7,17H,2,5-6,9-10H2,(H,18,21). The average molecular weight is 284 g/mol. The minimum absolute atomic E-state index is 0.179. The summed E-state index contributed by atoms with van der Waals surface area (Å²) in [5.41, 5.74) is 0.509. The van der Waals surface area contributed by atoms with Gasteiger partial charge in [-0.1, -0.05) is 12.1 Å². The van der Waals surface area contributed by atoms with E-state index >= 15 is 0 Å². The smallest absolute Gasteiger partial charge is 0.322 e. The maximum absolute atomic E-state index is 12.6. The molecule has 3 amide bonds. The Hall–Kier alpha value is -2.39. The van der Waals surface area contributed by atoms with Crippen LogP contribution in [0.5, 0.6) is 0 Å². The van der Waals surface area contributed by atoms with Crippen molar-refractivity contribution in [3.63, 3.8) is 0 Å². The molecule has 2 fully saturated rings. The highest BCUT2D eigenvalue weighted by molar-refractivity contribution is 6.07. The maximum Gasteiger partial charge on any atom is 0.325 e. The van der Waals surface area contributed by atoms with E-state index < -0.39 is 5.54 Å². The van der Waals surface area contributed by atoms with Gasteiger partial charge in [-0.15, -0.1) is 0 Å². The molecular formula is C15H16N4O2. The van der Waals surface area contributed by atoms with Gasteiger partial charge in [-0.3, -0.25) is 9.69 Å². The van der Waals surface area contributed by atoms with Gasteiger partial charge in [-0.2, -0.15) is 5.26 Å². The van der Waals surface area contributed by atoms with Crippen LogP contribution < -0.4 is 10.6 Å². The van der Waals surface area contributed by atoms with Gasteiger partial charge in [0.1, 0.15) is 5.54 Å². The summed E-state index contributed by atoms with van der Waals surface area (Å²) in [5.74, 6) is -0.179. The second kappa shape index (κ2) is 5.19. The van der Waals surface area contributed by atoms with E-state index in [1.807, 2.05) is 6.07 Å². The number of hydrogen-bond donors (Lipinski definition) is 2. The van der Waals surface area contributed by atoms with Gasteiger partial charge in [-0.05, 0) is 37.1 Å². The van der Waals surface area contributed by atoms with Gasteiger partial charge < -0.3 is 10.6 Å². The fourth-order valence-electron chi connectivity index (χ4n) is 2.94. The van der Waals surface area contributed by atoms with Crippen LogP contribution in [0.2, 0.25) is 0 Å². The summed E-state index contributed by atoms with van der Waals surface area (Å²) >= 11 is 0. The van der Waals surface area contributed by atoms with Crippen molar-refractivity contribution in [2.75, 3.05) is 13.1 Å². The molecule has 0 aromatic heterocycles. The van der Waals surface area contributed by atoms with Crippen molar-refractivity contribution >= 4 is 11.9 Å². The lowest BCUT2D eigenvalue weighted by atomic mass is 9.90. The van der Waals surface area contributed by atoms with Crippen LogP contribution in [0.15, 0.2) is 24.3 Å². The lowest BCUT2D eigenvalue weighted by Crippen LogP contribution is -2.57. The van der Waals surface area contributed by atoms with Crippen LogP contribution in [0.1, 0.15) is 24.0 Å². The molecule has 0 aliphatic carbocycles. The largest absolute Gasteiger partial charge is 0.325 e. The molecule has 6 heteroatoms. The monoisotopic (exact) mass is 284 g/mol. The minimum atomic E-state index is -0.790. The van der Waals surface area contributed by atoms with Crippen LogP contribution in [-0.2, 0) is 11.3 Å². The van der Waals surface area contributed by atoms with Crippen LogP contribution >= 0.6 is 0 Å². The minimum Gasteiger partial charge on any atom is -0.322 e.